The zero-order chi connectivity index (χ0) is 23.9. The molecule has 1 saturated heterocycles. The van der Waals surface area contributed by atoms with E-state index in [2.05, 4.69) is 23.2 Å². The van der Waals surface area contributed by atoms with E-state index in [1.54, 1.807) is 18.2 Å². The van der Waals surface area contributed by atoms with Gasteiger partial charge < -0.3 is 15.5 Å². The van der Waals surface area contributed by atoms with Gasteiger partial charge in [0.1, 0.15) is 5.75 Å². The van der Waals surface area contributed by atoms with Gasteiger partial charge in [-0.05, 0) is 91.4 Å². The fraction of sp³-hybridized carbons (Fsp3) is 0.500. The lowest BCUT2D eigenvalue weighted by molar-refractivity contribution is -0.120. The molecular formula is C28H34N2O4. The van der Waals surface area contributed by atoms with Crippen LogP contribution in [0, 0.1) is 11.8 Å². The maximum atomic E-state index is 12.6. The summed E-state index contributed by atoms with van der Waals surface area (Å²) in [6.07, 6.45) is 5.88. The standard InChI is InChI=1S/C28H34N2O4/c1-18-25-15-22-8-9-23(31)16-24(22)28(18,11-13-30(25)17-20-2-3-20)10-12-29-26(32)14-19-4-6-21(7-5-19)27(33)34/h4-9,16,18,20,25,31H,2-3,10-15,17H2,1H3,(H,29,32)(H,33,34)/t18-,25+,28+/m0/s1. The molecule has 2 aromatic rings. The molecule has 6 nitrogen and oxygen atoms in total. The number of phenols is 1. The van der Waals surface area contributed by atoms with Crippen molar-refractivity contribution in [3.63, 3.8) is 0 Å². The largest absolute Gasteiger partial charge is 0.508 e. The van der Waals surface area contributed by atoms with Gasteiger partial charge in [-0.1, -0.05) is 25.1 Å². The first kappa shape index (κ1) is 22.9. The van der Waals surface area contributed by atoms with Crippen molar-refractivity contribution >= 4 is 11.9 Å². The van der Waals surface area contributed by atoms with Crippen molar-refractivity contribution in [3.05, 3.63) is 64.7 Å². The number of hydrogen-bond acceptors (Lipinski definition) is 4. The van der Waals surface area contributed by atoms with Crippen molar-refractivity contribution in [3.8, 4) is 5.75 Å². The molecule has 2 aliphatic carbocycles. The number of phenolic OH excluding ortho intramolecular Hbond substituents is 1. The second-order valence-electron chi connectivity index (χ2n) is 10.5. The van der Waals surface area contributed by atoms with E-state index in [4.69, 9.17) is 5.11 Å². The number of carbonyl (C=O) groups is 2. The van der Waals surface area contributed by atoms with E-state index in [0.29, 0.717) is 24.3 Å². The molecule has 3 N–H and O–H groups in total. The summed E-state index contributed by atoms with van der Waals surface area (Å²) in [6, 6.07) is 12.8. The van der Waals surface area contributed by atoms with Gasteiger partial charge in [0, 0.05) is 24.5 Å². The minimum Gasteiger partial charge on any atom is -0.508 e. The Kier molecular flexibility index (Phi) is 6.11. The number of amides is 1. The van der Waals surface area contributed by atoms with Crippen LogP contribution in [0.5, 0.6) is 5.75 Å². The maximum absolute atomic E-state index is 12.6. The smallest absolute Gasteiger partial charge is 0.335 e. The van der Waals surface area contributed by atoms with Crippen LogP contribution in [0.1, 0.15) is 59.7 Å². The van der Waals surface area contributed by atoms with Crippen molar-refractivity contribution in [2.75, 3.05) is 19.6 Å². The van der Waals surface area contributed by atoms with E-state index in [0.717, 1.165) is 37.3 Å². The number of nitrogens with one attached hydrogen (secondary N) is 1. The Morgan fingerprint density at radius 2 is 1.91 bits per heavy atom. The number of likely N-dealkylation sites (tertiary alicyclic amines) is 1. The molecule has 0 aromatic heterocycles. The summed E-state index contributed by atoms with van der Waals surface area (Å²) in [5.74, 6) is 0.615. The SMILES string of the molecule is C[C@H]1[C@H]2Cc3ccc(O)cc3[C@]1(CCNC(=O)Cc1ccc(C(=O)O)cc1)CCN2CC1CC1. The minimum atomic E-state index is -0.968. The Balaban J connectivity index is 1.28. The van der Waals surface area contributed by atoms with Gasteiger partial charge in [-0.3, -0.25) is 9.69 Å². The lowest BCUT2D eigenvalue weighted by Gasteiger charge is -2.56. The van der Waals surface area contributed by atoms with Crippen molar-refractivity contribution in [1.29, 1.82) is 0 Å². The van der Waals surface area contributed by atoms with Gasteiger partial charge >= 0.3 is 5.97 Å². The molecule has 2 aromatic carbocycles. The van der Waals surface area contributed by atoms with Crippen LogP contribution in [-0.2, 0) is 23.1 Å². The lowest BCUT2D eigenvalue weighted by Crippen LogP contribution is -2.60. The van der Waals surface area contributed by atoms with Crippen LogP contribution < -0.4 is 5.32 Å². The monoisotopic (exact) mass is 462 g/mol. The van der Waals surface area contributed by atoms with Crippen LogP contribution in [0.4, 0.5) is 0 Å². The van der Waals surface area contributed by atoms with Crippen LogP contribution in [0.3, 0.4) is 0 Å². The van der Waals surface area contributed by atoms with Crippen LogP contribution in [0.25, 0.3) is 0 Å². The summed E-state index contributed by atoms with van der Waals surface area (Å²) in [6.45, 7) is 5.23. The highest BCUT2D eigenvalue weighted by atomic mass is 16.4. The number of hydrogen-bond donors (Lipinski definition) is 3. The summed E-state index contributed by atoms with van der Waals surface area (Å²) in [5, 5.41) is 22.4. The predicted octanol–water partition coefficient (Wildman–Crippen LogP) is 3.75. The Labute approximate surface area is 201 Å². The van der Waals surface area contributed by atoms with Gasteiger partial charge in [0.2, 0.25) is 5.91 Å². The van der Waals surface area contributed by atoms with Crippen LogP contribution in [0.15, 0.2) is 42.5 Å². The number of rotatable bonds is 8. The zero-order valence-corrected chi connectivity index (χ0v) is 19.8. The first-order valence-corrected chi connectivity index (χ1v) is 12.5. The van der Waals surface area contributed by atoms with Gasteiger partial charge in [0.25, 0.3) is 0 Å². The first-order valence-electron chi connectivity index (χ1n) is 12.5. The van der Waals surface area contributed by atoms with E-state index in [9.17, 15) is 14.7 Å². The van der Waals surface area contributed by atoms with E-state index in [1.165, 1.54) is 42.6 Å². The topological polar surface area (TPSA) is 89.9 Å². The third-order valence-corrected chi connectivity index (χ3v) is 8.47. The molecule has 1 amide bonds. The number of carbonyl (C=O) groups excluding carboxylic acids is 1. The number of nitrogens with zero attached hydrogens (tertiary/aromatic N) is 1. The highest BCUT2D eigenvalue weighted by Gasteiger charge is 2.51. The van der Waals surface area contributed by atoms with Gasteiger partial charge in [-0.15, -0.1) is 0 Å². The number of fused-ring (bicyclic) bond motifs is 4. The van der Waals surface area contributed by atoms with Gasteiger partial charge in [-0.25, -0.2) is 4.79 Å². The molecule has 3 aliphatic rings. The van der Waals surface area contributed by atoms with Crippen LogP contribution >= 0.6 is 0 Å². The van der Waals surface area contributed by atoms with Gasteiger partial charge in [0.05, 0.1) is 12.0 Å². The third kappa shape index (κ3) is 4.43. The highest BCUT2D eigenvalue weighted by Crippen LogP contribution is 2.52. The predicted molar refractivity (Wildman–Crippen MR) is 130 cm³/mol. The summed E-state index contributed by atoms with van der Waals surface area (Å²) in [5.41, 5.74) is 3.58. The molecule has 34 heavy (non-hydrogen) atoms. The summed E-state index contributed by atoms with van der Waals surface area (Å²) in [7, 11) is 0. The molecular weight excluding hydrogens is 428 g/mol. The Hall–Kier alpha value is -2.86. The molecule has 2 bridgehead atoms. The van der Waals surface area contributed by atoms with Crippen molar-refractivity contribution in [2.45, 2.75) is 56.9 Å². The van der Waals surface area contributed by atoms with E-state index >= 15 is 0 Å². The van der Waals surface area contributed by atoms with Crippen molar-refractivity contribution < 1.29 is 19.8 Å². The molecule has 2 fully saturated rings. The molecule has 180 valence electrons. The zero-order valence-electron chi connectivity index (χ0n) is 19.8. The van der Waals surface area contributed by atoms with Crippen molar-refractivity contribution in [1.82, 2.24) is 10.2 Å². The van der Waals surface area contributed by atoms with Gasteiger partial charge in [-0.2, -0.15) is 0 Å². The normalized spacial score (nSPS) is 26.0. The molecule has 6 heteroatoms. The van der Waals surface area contributed by atoms with Crippen molar-refractivity contribution in [2.24, 2.45) is 11.8 Å². The summed E-state index contributed by atoms with van der Waals surface area (Å²) < 4.78 is 0. The average Bonchev–Trinajstić information content (AvgIpc) is 3.62. The molecule has 1 aliphatic heterocycles. The number of carboxylic acid groups (broad SMARTS) is 1. The Morgan fingerprint density at radius 3 is 2.62 bits per heavy atom. The molecule has 5 rings (SSSR count). The molecule has 1 saturated carbocycles. The summed E-state index contributed by atoms with van der Waals surface area (Å²) >= 11 is 0. The fourth-order valence-electron chi connectivity index (χ4n) is 6.32. The number of benzene rings is 2. The van der Waals surface area contributed by atoms with E-state index < -0.39 is 5.97 Å². The number of aromatic hydroxyl groups is 1. The van der Waals surface area contributed by atoms with Crippen LogP contribution in [0.2, 0.25) is 0 Å². The summed E-state index contributed by atoms with van der Waals surface area (Å²) in [4.78, 5) is 26.4. The second kappa shape index (κ2) is 9.06. The number of piperidine rings is 1. The van der Waals surface area contributed by atoms with E-state index in [-0.39, 0.29) is 23.3 Å². The Bertz CT molecular complexity index is 1080. The molecule has 3 atom stereocenters. The molecule has 1 heterocycles. The average molecular weight is 463 g/mol. The molecule has 0 radical (unpaired) electrons. The third-order valence-electron chi connectivity index (χ3n) is 8.47. The Morgan fingerprint density at radius 1 is 1.15 bits per heavy atom. The number of aromatic carboxylic acids is 1. The molecule has 0 spiro atoms. The quantitative estimate of drug-likeness (QED) is 0.556. The van der Waals surface area contributed by atoms with E-state index in [1.807, 2.05) is 6.07 Å². The molecule has 0 unspecified atom stereocenters. The minimum absolute atomic E-state index is 0.0482. The van der Waals surface area contributed by atoms with Gasteiger partial charge in [0.15, 0.2) is 0 Å². The fourth-order valence-corrected chi connectivity index (χ4v) is 6.32. The lowest BCUT2D eigenvalue weighted by atomic mass is 9.56. The maximum Gasteiger partial charge on any atom is 0.335 e. The highest BCUT2D eigenvalue weighted by molar-refractivity contribution is 5.87. The second-order valence-corrected chi connectivity index (χ2v) is 10.5. The number of carboxylic acids is 1. The first-order chi connectivity index (χ1) is 16.4. The van der Waals surface area contributed by atoms with Crippen LogP contribution in [-0.4, -0.2) is 52.7 Å².